The lowest BCUT2D eigenvalue weighted by Gasteiger charge is -2.18. The first-order chi connectivity index (χ1) is 34.0. The molecule has 69 heavy (non-hydrogen) atoms. The van der Waals surface area contributed by atoms with Gasteiger partial charge in [-0.05, 0) is 103 Å². The Hall–Kier alpha value is -2.89. The topological polar surface area (TPSA) is 78.9 Å². The van der Waals surface area contributed by atoms with Gasteiger partial charge in [0.05, 0.1) is 0 Å². The highest BCUT2D eigenvalue weighted by Gasteiger charge is 2.19. The van der Waals surface area contributed by atoms with Gasteiger partial charge in [0.25, 0.3) is 0 Å². The zero-order valence-corrected chi connectivity index (χ0v) is 45.8. The Labute approximate surface area is 428 Å². The van der Waals surface area contributed by atoms with Crippen LogP contribution < -0.4 is 0 Å². The van der Waals surface area contributed by atoms with Crippen molar-refractivity contribution in [2.45, 2.75) is 309 Å². The van der Waals surface area contributed by atoms with E-state index in [1.54, 1.807) is 0 Å². The molecule has 0 N–H and O–H groups in total. The van der Waals surface area contributed by atoms with Gasteiger partial charge in [-0.15, -0.1) is 0 Å². The van der Waals surface area contributed by atoms with Crippen LogP contribution in [0.1, 0.15) is 303 Å². The molecule has 0 fully saturated rings. The van der Waals surface area contributed by atoms with E-state index < -0.39 is 6.10 Å². The Morgan fingerprint density at radius 3 is 0.884 bits per heavy atom. The minimum atomic E-state index is -0.784. The summed E-state index contributed by atoms with van der Waals surface area (Å²) in [4.78, 5) is 38.1. The van der Waals surface area contributed by atoms with Crippen LogP contribution in [0.15, 0.2) is 60.8 Å². The highest BCUT2D eigenvalue weighted by atomic mass is 16.6. The molecule has 6 nitrogen and oxygen atoms in total. The van der Waals surface area contributed by atoms with E-state index >= 15 is 0 Å². The maximum atomic E-state index is 12.8. The summed E-state index contributed by atoms with van der Waals surface area (Å²) in [6.07, 6.45) is 72.2. The van der Waals surface area contributed by atoms with Gasteiger partial charge in [0.15, 0.2) is 6.10 Å². The van der Waals surface area contributed by atoms with Crippen LogP contribution in [0.5, 0.6) is 0 Å². The quantitative estimate of drug-likeness (QED) is 0.0262. The van der Waals surface area contributed by atoms with Gasteiger partial charge >= 0.3 is 17.9 Å². The molecule has 0 spiro atoms. The van der Waals surface area contributed by atoms with E-state index in [4.69, 9.17) is 14.2 Å². The lowest BCUT2D eigenvalue weighted by molar-refractivity contribution is -0.167. The molecule has 0 bridgehead atoms. The molecule has 0 amide bonds. The largest absolute Gasteiger partial charge is 0.462 e. The van der Waals surface area contributed by atoms with Crippen LogP contribution in [0.4, 0.5) is 0 Å². The second-order valence-corrected chi connectivity index (χ2v) is 19.9. The summed E-state index contributed by atoms with van der Waals surface area (Å²) in [5.74, 6) is -0.896. The minimum Gasteiger partial charge on any atom is -0.462 e. The van der Waals surface area contributed by atoms with Gasteiger partial charge in [-0.1, -0.05) is 242 Å². The van der Waals surface area contributed by atoms with E-state index in [1.165, 1.54) is 161 Å². The third-order valence-electron chi connectivity index (χ3n) is 12.9. The predicted molar refractivity (Wildman–Crippen MR) is 298 cm³/mol. The summed E-state index contributed by atoms with van der Waals surface area (Å²) in [7, 11) is 0. The molecule has 1 atom stereocenters. The minimum absolute atomic E-state index is 0.0816. The van der Waals surface area contributed by atoms with Crippen molar-refractivity contribution in [1.82, 2.24) is 0 Å². The first-order valence-corrected chi connectivity index (χ1v) is 29.8. The van der Waals surface area contributed by atoms with E-state index in [0.717, 1.165) is 103 Å². The summed E-state index contributed by atoms with van der Waals surface area (Å²) < 4.78 is 16.8. The van der Waals surface area contributed by atoms with Gasteiger partial charge in [0.2, 0.25) is 0 Å². The molecule has 0 aromatic carbocycles. The molecule has 0 saturated heterocycles. The maximum Gasteiger partial charge on any atom is 0.306 e. The van der Waals surface area contributed by atoms with Crippen molar-refractivity contribution in [3.8, 4) is 0 Å². The molecule has 0 heterocycles. The van der Waals surface area contributed by atoms with E-state index in [1.807, 2.05) is 0 Å². The summed E-state index contributed by atoms with van der Waals surface area (Å²) in [5, 5.41) is 0. The Bertz CT molecular complexity index is 1250. The summed E-state index contributed by atoms with van der Waals surface area (Å²) in [6.45, 7) is 6.55. The van der Waals surface area contributed by atoms with Crippen molar-refractivity contribution in [2.75, 3.05) is 13.2 Å². The van der Waals surface area contributed by atoms with Crippen molar-refractivity contribution in [1.29, 1.82) is 0 Å². The number of hydrogen-bond acceptors (Lipinski definition) is 6. The van der Waals surface area contributed by atoms with Gasteiger partial charge in [-0.3, -0.25) is 14.4 Å². The summed E-state index contributed by atoms with van der Waals surface area (Å²) in [5.41, 5.74) is 0. The first kappa shape index (κ1) is 66.1. The highest BCUT2D eigenvalue weighted by molar-refractivity contribution is 5.71. The van der Waals surface area contributed by atoms with Crippen molar-refractivity contribution < 1.29 is 28.6 Å². The molecule has 400 valence electrons. The fraction of sp³-hybridized carbons (Fsp3) is 0.794. The van der Waals surface area contributed by atoms with E-state index in [-0.39, 0.29) is 31.1 Å². The van der Waals surface area contributed by atoms with Crippen LogP contribution in [-0.2, 0) is 28.6 Å². The molecular formula is C63H112O6. The molecule has 0 rings (SSSR count). The molecule has 0 aliphatic heterocycles. The number of allylic oxidation sites excluding steroid dienone is 10. The smallest absolute Gasteiger partial charge is 0.306 e. The van der Waals surface area contributed by atoms with E-state index in [0.29, 0.717) is 19.3 Å². The number of unbranched alkanes of at least 4 members (excludes halogenated alkanes) is 33. The molecule has 0 radical (unpaired) electrons. The number of carbonyl (C=O) groups excluding carboxylic acids is 3. The molecule has 0 aliphatic rings. The van der Waals surface area contributed by atoms with Crippen molar-refractivity contribution in [3.63, 3.8) is 0 Å². The fourth-order valence-electron chi connectivity index (χ4n) is 8.45. The molecule has 0 aromatic heterocycles. The second kappa shape index (κ2) is 57.7. The predicted octanol–water partition coefficient (Wildman–Crippen LogP) is 20.0. The number of ether oxygens (including phenoxy) is 3. The average molecular weight is 966 g/mol. The zero-order valence-electron chi connectivity index (χ0n) is 45.8. The standard InChI is InChI=1S/C63H112O6/c1-4-7-10-13-16-19-22-25-26-27-28-29-30-31-32-33-34-35-36-39-41-44-47-50-53-56-62(65)68-59-60(69-63(66)57-54-51-48-45-42-38-24-21-18-15-12-9-6-3)58-67-61(64)55-52-49-46-43-40-37-23-20-17-14-11-8-5-2/h12,15,20-25,27-28,60H,4-11,13-14,16-19,26,29-59H2,1-3H3/b15-12-,23-20-,24-21-,25-22-,28-27-. The SMILES string of the molecule is CCC/C=C\C/C=C\CCCCCCCC(=O)OC(COC(=O)CCCCCCC/C=C\CCCCCC)COC(=O)CCCCCCCCCCCCCCC/C=C\C/C=C\CCCCCCC. The lowest BCUT2D eigenvalue weighted by atomic mass is 10.0. The van der Waals surface area contributed by atoms with Gasteiger partial charge in [0.1, 0.15) is 13.2 Å². The van der Waals surface area contributed by atoms with Gasteiger partial charge in [0, 0.05) is 19.3 Å². The van der Waals surface area contributed by atoms with Crippen LogP contribution in [0.25, 0.3) is 0 Å². The van der Waals surface area contributed by atoms with Crippen molar-refractivity contribution in [3.05, 3.63) is 60.8 Å². The highest BCUT2D eigenvalue weighted by Crippen LogP contribution is 2.16. The van der Waals surface area contributed by atoms with Crippen LogP contribution in [0.3, 0.4) is 0 Å². The zero-order chi connectivity index (χ0) is 50.0. The maximum absolute atomic E-state index is 12.8. The fourth-order valence-corrected chi connectivity index (χ4v) is 8.45. The average Bonchev–Trinajstić information content (AvgIpc) is 3.35. The molecule has 6 heteroatoms. The third-order valence-corrected chi connectivity index (χ3v) is 12.9. The van der Waals surface area contributed by atoms with E-state index in [9.17, 15) is 14.4 Å². The van der Waals surface area contributed by atoms with Crippen LogP contribution in [0, 0.1) is 0 Å². The van der Waals surface area contributed by atoms with Gasteiger partial charge in [-0.25, -0.2) is 0 Å². The van der Waals surface area contributed by atoms with Crippen LogP contribution in [0.2, 0.25) is 0 Å². The molecule has 1 unspecified atom stereocenters. The normalized spacial score (nSPS) is 12.4. The Morgan fingerprint density at radius 2 is 0.551 bits per heavy atom. The molecular weight excluding hydrogens is 853 g/mol. The molecule has 0 saturated carbocycles. The van der Waals surface area contributed by atoms with Crippen LogP contribution in [-0.4, -0.2) is 37.2 Å². The molecule has 0 aliphatic carbocycles. The lowest BCUT2D eigenvalue weighted by Crippen LogP contribution is -2.30. The Balaban J connectivity index is 4.25. The summed E-state index contributed by atoms with van der Waals surface area (Å²) >= 11 is 0. The second-order valence-electron chi connectivity index (χ2n) is 19.9. The van der Waals surface area contributed by atoms with Gasteiger partial charge < -0.3 is 14.2 Å². The Kier molecular flexibility index (Phi) is 55.3. The van der Waals surface area contributed by atoms with Crippen molar-refractivity contribution >= 4 is 17.9 Å². The summed E-state index contributed by atoms with van der Waals surface area (Å²) in [6, 6.07) is 0. The third kappa shape index (κ3) is 55.9. The van der Waals surface area contributed by atoms with E-state index in [2.05, 4.69) is 81.5 Å². The number of hydrogen-bond donors (Lipinski definition) is 0. The number of rotatable bonds is 54. The van der Waals surface area contributed by atoms with Crippen molar-refractivity contribution in [2.24, 2.45) is 0 Å². The Morgan fingerprint density at radius 1 is 0.290 bits per heavy atom. The van der Waals surface area contributed by atoms with Gasteiger partial charge in [-0.2, -0.15) is 0 Å². The monoisotopic (exact) mass is 965 g/mol. The van der Waals surface area contributed by atoms with Crippen LogP contribution >= 0.6 is 0 Å². The first-order valence-electron chi connectivity index (χ1n) is 29.8. The number of esters is 3. The molecule has 0 aromatic rings. The number of carbonyl (C=O) groups is 3.